The highest BCUT2D eigenvalue weighted by Gasteiger charge is 2.31. The fraction of sp³-hybridized carbons (Fsp3) is 0.133. The van der Waals surface area contributed by atoms with Crippen molar-refractivity contribution in [3.8, 4) is 5.75 Å². The molecule has 23 heavy (non-hydrogen) atoms. The zero-order valence-electron chi connectivity index (χ0n) is 11.4. The van der Waals surface area contributed by atoms with Crippen LogP contribution in [0.25, 0.3) is 0 Å². The molecule has 0 bridgehead atoms. The van der Waals surface area contributed by atoms with Crippen molar-refractivity contribution >= 4 is 29.2 Å². The number of benzene rings is 2. The number of hydrogen-bond acceptors (Lipinski definition) is 3. The summed E-state index contributed by atoms with van der Waals surface area (Å²) >= 11 is 11.6. The van der Waals surface area contributed by atoms with Crippen molar-refractivity contribution in [2.45, 2.75) is 13.0 Å². The van der Waals surface area contributed by atoms with Crippen molar-refractivity contribution in [1.29, 1.82) is 0 Å². The Kier molecular flexibility index (Phi) is 5.38. The Labute approximate surface area is 139 Å². The predicted octanol–water partition coefficient (Wildman–Crippen LogP) is 5.25. The molecule has 0 aliphatic rings. The molecule has 0 aliphatic carbocycles. The summed E-state index contributed by atoms with van der Waals surface area (Å²) in [4.78, 5) is 11.8. The van der Waals surface area contributed by atoms with E-state index in [0.29, 0.717) is 15.6 Å². The van der Waals surface area contributed by atoms with Gasteiger partial charge in [0.1, 0.15) is 12.4 Å². The van der Waals surface area contributed by atoms with Crippen LogP contribution in [0.2, 0.25) is 10.0 Å². The topological polar surface area (TPSA) is 35.5 Å². The van der Waals surface area contributed by atoms with Gasteiger partial charge in [-0.2, -0.15) is 0 Å². The molecular formula is C15H9Cl2F3O3. The van der Waals surface area contributed by atoms with Crippen molar-refractivity contribution in [1.82, 2.24) is 0 Å². The minimum Gasteiger partial charge on any atom is -0.457 e. The van der Waals surface area contributed by atoms with Gasteiger partial charge in [-0.1, -0.05) is 23.2 Å². The summed E-state index contributed by atoms with van der Waals surface area (Å²) in [6, 6.07) is 9.11. The lowest BCUT2D eigenvalue weighted by Crippen LogP contribution is -2.17. The van der Waals surface area contributed by atoms with E-state index in [1.54, 1.807) is 12.1 Å². The second-order valence-electron chi connectivity index (χ2n) is 4.43. The van der Waals surface area contributed by atoms with Crippen LogP contribution in [0.3, 0.4) is 0 Å². The highest BCUT2D eigenvalue weighted by Crippen LogP contribution is 2.23. The van der Waals surface area contributed by atoms with Gasteiger partial charge >= 0.3 is 12.3 Å². The lowest BCUT2D eigenvalue weighted by Gasteiger charge is -2.09. The minimum atomic E-state index is -4.78. The SMILES string of the molecule is O=C(OCc1cc(Cl)cc(Cl)c1)c1ccc(OC(F)(F)F)cc1. The Balaban J connectivity index is 1.98. The molecular weight excluding hydrogens is 356 g/mol. The quantitative estimate of drug-likeness (QED) is 0.695. The molecule has 0 spiro atoms. The van der Waals surface area contributed by atoms with Crippen LogP contribution >= 0.6 is 23.2 Å². The Morgan fingerprint density at radius 3 is 2.09 bits per heavy atom. The van der Waals surface area contributed by atoms with Crippen molar-refractivity contribution in [2.75, 3.05) is 0 Å². The normalized spacial score (nSPS) is 11.2. The second-order valence-corrected chi connectivity index (χ2v) is 5.30. The second kappa shape index (κ2) is 7.10. The third-order valence-corrected chi connectivity index (χ3v) is 3.05. The maximum atomic E-state index is 12.0. The van der Waals surface area contributed by atoms with Crippen LogP contribution in [0, 0.1) is 0 Å². The molecule has 0 N–H and O–H groups in total. The molecule has 0 heterocycles. The highest BCUT2D eigenvalue weighted by molar-refractivity contribution is 6.34. The first-order chi connectivity index (χ1) is 10.7. The number of alkyl halides is 3. The molecule has 0 unspecified atom stereocenters. The molecule has 2 aromatic carbocycles. The van der Waals surface area contributed by atoms with Gasteiger partial charge in [0.05, 0.1) is 5.56 Å². The van der Waals surface area contributed by atoms with E-state index >= 15 is 0 Å². The summed E-state index contributed by atoms with van der Waals surface area (Å²) in [7, 11) is 0. The van der Waals surface area contributed by atoms with Crippen LogP contribution in [-0.4, -0.2) is 12.3 Å². The monoisotopic (exact) mass is 364 g/mol. The van der Waals surface area contributed by atoms with Crippen molar-refractivity contribution < 1.29 is 27.4 Å². The first-order valence-electron chi connectivity index (χ1n) is 6.21. The molecule has 0 fully saturated rings. The van der Waals surface area contributed by atoms with Gasteiger partial charge < -0.3 is 9.47 Å². The maximum absolute atomic E-state index is 12.0. The molecule has 0 aliphatic heterocycles. The number of ether oxygens (including phenoxy) is 2. The van der Waals surface area contributed by atoms with Gasteiger partial charge in [0.2, 0.25) is 0 Å². The van der Waals surface area contributed by atoms with Gasteiger partial charge in [-0.15, -0.1) is 13.2 Å². The number of carbonyl (C=O) groups is 1. The zero-order chi connectivity index (χ0) is 17.0. The smallest absolute Gasteiger partial charge is 0.457 e. The molecule has 0 radical (unpaired) electrons. The van der Waals surface area contributed by atoms with Gasteiger partial charge in [-0.05, 0) is 48.0 Å². The summed E-state index contributed by atoms with van der Waals surface area (Å²) in [5.74, 6) is -1.12. The molecule has 122 valence electrons. The van der Waals surface area contributed by atoms with Gasteiger partial charge in [-0.3, -0.25) is 0 Å². The molecule has 0 amide bonds. The number of rotatable bonds is 4. The van der Waals surface area contributed by atoms with Crippen molar-refractivity contribution in [2.24, 2.45) is 0 Å². The Hall–Kier alpha value is -1.92. The van der Waals surface area contributed by atoms with E-state index in [1.165, 1.54) is 18.2 Å². The molecule has 2 aromatic rings. The minimum absolute atomic E-state index is 0.0695. The Morgan fingerprint density at radius 1 is 1.00 bits per heavy atom. The van der Waals surface area contributed by atoms with E-state index in [4.69, 9.17) is 27.9 Å². The summed E-state index contributed by atoms with van der Waals surface area (Å²) in [6.45, 7) is -0.0695. The zero-order valence-corrected chi connectivity index (χ0v) is 12.9. The lowest BCUT2D eigenvalue weighted by molar-refractivity contribution is -0.274. The van der Waals surface area contributed by atoms with Crippen LogP contribution in [0.15, 0.2) is 42.5 Å². The number of carbonyl (C=O) groups excluding carboxylic acids is 1. The van der Waals surface area contributed by atoms with Crippen LogP contribution in [0.1, 0.15) is 15.9 Å². The fourth-order valence-corrected chi connectivity index (χ4v) is 2.29. The predicted molar refractivity (Wildman–Crippen MR) is 78.7 cm³/mol. The Morgan fingerprint density at radius 2 is 1.57 bits per heavy atom. The van der Waals surface area contributed by atoms with E-state index in [2.05, 4.69) is 4.74 Å². The van der Waals surface area contributed by atoms with Crippen LogP contribution < -0.4 is 4.74 Å². The fourth-order valence-electron chi connectivity index (χ4n) is 1.72. The molecule has 0 saturated heterocycles. The highest BCUT2D eigenvalue weighted by atomic mass is 35.5. The third kappa shape index (κ3) is 5.65. The van der Waals surface area contributed by atoms with Crippen LogP contribution in [-0.2, 0) is 11.3 Å². The maximum Gasteiger partial charge on any atom is 0.573 e. The van der Waals surface area contributed by atoms with Crippen molar-refractivity contribution in [3.05, 3.63) is 63.6 Å². The largest absolute Gasteiger partial charge is 0.573 e. The van der Waals surface area contributed by atoms with E-state index < -0.39 is 18.1 Å². The molecule has 3 nitrogen and oxygen atoms in total. The first kappa shape index (κ1) is 17.4. The summed E-state index contributed by atoms with van der Waals surface area (Å²) in [5, 5.41) is 0.800. The van der Waals surface area contributed by atoms with Gasteiger partial charge in [0.15, 0.2) is 0 Å². The molecule has 0 saturated carbocycles. The standard InChI is InChI=1S/C15H9Cl2F3O3/c16-11-5-9(6-12(17)7-11)8-22-14(21)10-1-3-13(4-2-10)23-15(18,19)20/h1-7H,8H2. The average Bonchev–Trinajstić information content (AvgIpc) is 2.43. The van der Waals surface area contributed by atoms with E-state index in [0.717, 1.165) is 12.1 Å². The summed E-state index contributed by atoms with van der Waals surface area (Å²) in [5.41, 5.74) is 0.681. The number of hydrogen-bond donors (Lipinski definition) is 0. The molecule has 0 atom stereocenters. The van der Waals surface area contributed by atoms with Crippen molar-refractivity contribution in [3.63, 3.8) is 0 Å². The average molecular weight is 365 g/mol. The van der Waals surface area contributed by atoms with Gasteiger partial charge in [0, 0.05) is 10.0 Å². The lowest BCUT2D eigenvalue weighted by atomic mass is 10.2. The van der Waals surface area contributed by atoms with Gasteiger partial charge in [0.25, 0.3) is 0 Å². The van der Waals surface area contributed by atoms with E-state index in [1.807, 2.05) is 0 Å². The summed E-state index contributed by atoms with van der Waals surface area (Å²) < 4.78 is 44.9. The first-order valence-corrected chi connectivity index (χ1v) is 6.96. The van der Waals surface area contributed by atoms with Crippen LogP contribution in [0.5, 0.6) is 5.75 Å². The van der Waals surface area contributed by atoms with E-state index in [-0.39, 0.29) is 12.2 Å². The molecule has 8 heteroatoms. The molecule has 0 aromatic heterocycles. The van der Waals surface area contributed by atoms with Crippen LogP contribution in [0.4, 0.5) is 13.2 Å². The number of esters is 1. The Bertz CT molecular complexity index is 680. The molecule has 2 rings (SSSR count). The third-order valence-electron chi connectivity index (χ3n) is 2.62. The van der Waals surface area contributed by atoms with Gasteiger partial charge in [-0.25, -0.2) is 4.79 Å². The van der Waals surface area contributed by atoms with E-state index in [9.17, 15) is 18.0 Å². The summed E-state index contributed by atoms with van der Waals surface area (Å²) in [6.07, 6.45) is -4.78. The number of halogens is 5.